The van der Waals surface area contributed by atoms with Gasteiger partial charge in [-0.05, 0) is 47.9 Å². The van der Waals surface area contributed by atoms with Crippen molar-refractivity contribution in [3.8, 4) is 11.1 Å². The summed E-state index contributed by atoms with van der Waals surface area (Å²) >= 11 is 0. The van der Waals surface area contributed by atoms with Gasteiger partial charge < -0.3 is 4.74 Å². The van der Waals surface area contributed by atoms with Gasteiger partial charge in [-0.3, -0.25) is 4.79 Å². The Morgan fingerprint density at radius 1 is 0.815 bits per heavy atom. The number of rotatable bonds is 8. The first-order valence-corrected chi connectivity index (χ1v) is 9.61. The van der Waals surface area contributed by atoms with Gasteiger partial charge in [0.2, 0.25) is 0 Å². The Hall–Kier alpha value is -2.87. The molecule has 27 heavy (non-hydrogen) atoms. The maximum absolute atomic E-state index is 12.0. The van der Waals surface area contributed by atoms with Crippen LogP contribution in [0.25, 0.3) is 11.1 Å². The van der Waals surface area contributed by atoms with Crippen molar-refractivity contribution < 1.29 is 9.53 Å². The Morgan fingerprint density at radius 3 is 2.04 bits per heavy atom. The van der Waals surface area contributed by atoms with Gasteiger partial charge in [0.15, 0.2) is 0 Å². The highest BCUT2D eigenvalue weighted by molar-refractivity contribution is 5.70. The molecule has 0 aromatic heterocycles. The summed E-state index contributed by atoms with van der Waals surface area (Å²) in [6, 6.07) is 29.4. The number of hydrogen-bond acceptors (Lipinski definition) is 2. The number of hydrogen-bond donors (Lipinski definition) is 0. The zero-order valence-electron chi connectivity index (χ0n) is 15.8. The first kappa shape index (κ1) is 18.9. The second-order valence-corrected chi connectivity index (χ2v) is 6.72. The van der Waals surface area contributed by atoms with E-state index in [9.17, 15) is 4.79 Å². The molecule has 0 radical (unpaired) electrons. The van der Waals surface area contributed by atoms with E-state index in [0.29, 0.717) is 13.0 Å². The van der Waals surface area contributed by atoms with Crippen molar-refractivity contribution >= 4 is 5.97 Å². The molecule has 0 aliphatic rings. The molecule has 3 rings (SSSR count). The molecular formula is C25H26O2. The molecule has 1 atom stereocenters. The van der Waals surface area contributed by atoms with Gasteiger partial charge in [0.05, 0.1) is 13.0 Å². The van der Waals surface area contributed by atoms with E-state index in [1.807, 2.05) is 31.2 Å². The van der Waals surface area contributed by atoms with Crippen molar-refractivity contribution in [3.63, 3.8) is 0 Å². The lowest BCUT2D eigenvalue weighted by Crippen LogP contribution is -2.11. The highest BCUT2D eigenvalue weighted by atomic mass is 16.5. The summed E-state index contributed by atoms with van der Waals surface area (Å²) in [5.41, 5.74) is 4.95. The topological polar surface area (TPSA) is 26.3 Å². The molecule has 2 nitrogen and oxygen atoms in total. The van der Waals surface area contributed by atoms with Crippen LogP contribution in [-0.2, 0) is 16.0 Å². The molecule has 0 saturated heterocycles. The molecule has 2 heteroatoms. The molecule has 0 N–H and O–H groups in total. The second-order valence-electron chi connectivity index (χ2n) is 6.72. The Morgan fingerprint density at radius 2 is 1.41 bits per heavy atom. The maximum atomic E-state index is 12.0. The minimum Gasteiger partial charge on any atom is -0.466 e. The summed E-state index contributed by atoms with van der Waals surface area (Å²) in [6.07, 6.45) is 2.29. The summed E-state index contributed by atoms with van der Waals surface area (Å²) in [4.78, 5) is 12.0. The van der Waals surface area contributed by atoms with Crippen molar-refractivity contribution in [2.75, 3.05) is 6.61 Å². The third-order valence-electron chi connectivity index (χ3n) is 4.83. The molecule has 0 fully saturated rings. The minimum absolute atomic E-state index is 0.120. The Balaban J connectivity index is 1.66. The van der Waals surface area contributed by atoms with Crippen LogP contribution >= 0.6 is 0 Å². The summed E-state index contributed by atoms with van der Waals surface area (Å²) < 4.78 is 5.17. The third-order valence-corrected chi connectivity index (χ3v) is 4.83. The first-order chi connectivity index (χ1) is 13.3. The van der Waals surface area contributed by atoms with Gasteiger partial charge >= 0.3 is 5.97 Å². The van der Waals surface area contributed by atoms with Crippen LogP contribution in [0.15, 0.2) is 84.9 Å². The number of ether oxygens (including phenoxy) is 1. The molecule has 3 aromatic rings. The van der Waals surface area contributed by atoms with E-state index < -0.39 is 0 Å². The summed E-state index contributed by atoms with van der Waals surface area (Å²) in [5, 5.41) is 0. The SMILES string of the molecule is CCOC(=O)CC(CCc1ccc(-c2ccccc2)cc1)c1ccccc1. The van der Waals surface area contributed by atoms with E-state index in [0.717, 1.165) is 12.8 Å². The fourth-order valence-corrected chi connectivity index (χ4v) is 3.37. The van der Waals surface area contributed by atoms with Gasteiger partial charge in [-0.1, -0.05) is 84.9 Å². The molecule has 0 spiro atoms. The average molecular weight is 358 g/mol. The van der Waals surface area contributed by atoms with Crippen LogP contribution < -0.4 is 0 Å². The minimum atomic E-state index is -0.120. The second kappa shape index (κ2) is 9.72. The van der Waals surface area contributed by atoms with Crippen molar-refractivity contribution in [2.45, 2.75) is 32.1 Å². The molecule has 0 heterocycles. The normalized spacial score (nSPS) is 11.7. The lowest BCUT2D eigenvalue weighted by Gasteiger charge is -2.17. The van der Waals surface area contributed by atoms with Crippen LogP contribution in [0.1, 0.15) is 36.8 Å². The maximum Gasteiger partial charge on any atom is 0.306 e. The lowest BCUT2D eigenvalue weighted by molar-refractivity contribution is -0.143. The van der Waals surface area contributed by atoms with Crippen LogP contribution in [-0.4, -0.2) is 12.6 Å². The summed E-state index contributed by atoms with van der Waals surface area (Å²) in [6.45, 7) is 2.28. The van der Waals surface area contributed by atoms with Crippen LogP contribution in [0.5, 0.6) is 0 Å². The molecule has 0 bridgehead atoms. The quantitative estimate of drug-likeness (QED) is 0.460. The zero-order chi connectivity index (χ0) is 18.9. The van der Waals surface area contributed by atoms with E-state index in [-0.39, 0.29) is 11.9 Å². The van der Waals surface area contributed by atoms with Gasteiger partial charge in [-0.2, -0.15) is 0 Å². The molecule has 0 amide bonds. The Bertz CT molecular complexity index is 823. The number of carbonyl (C=O) groups is 1. The molecule has 0 aliphatic carbocycles. The van der Waals surface area contributed by atoms with E-state index in [2.05, 4.69) is 60.7 Å². The molecule has 138 valence electrons. The van der Waals surface area contributed by atoms with E-state index in [1.54, 1.807) is 0 Å². The van der Waals surface area contributed by atoms with E-state index in [1.165, 1.54) is 22.3 Å². The predicted molar refractivity (Wildman–Crippen MR) is 111 cm³/mol. The summed E-state index contributed by atoms with van der Waals surface area (Å²) in [5.74, 6) is 0.0600. The van der Waals surface area contributed by atoms with Gasteiger partial charge in [0.1, 0.15) is 0 Å². The Kier molecular flexibility index (Phi) is 6.81. The smallest absolute Gasteiger partial charge is 0.306 e. The van der Waals surface area contributed by atoms with Crippen LogP contribution in [0.4, 0.5) is 0 Å². The van der Waals surface area contributed by atoms with Crippen LogP contribution in [0, 0.1) is 0 Å². The number of benzene rings is 3. The highest BCUT2D eigenvalue weighted by Gasteiger charge is 2.17. The largest absolute Gasteiger partial charge is 0.466 e. The van der Waals surface area contributed by atoms with Crippen LogP contribution in [0.3, 0.4) is 0 Å². The fourth-order valence-electron chi connectivity index (χ4n) is 3.37. The van der Waals surface area contributed by atoms with Crippen molar-refractivity contribution in [1.29, 1.82) is 0 Å². The number of aryl methyl sites for hydroxylation is 1. The van der Waals surface area contributed by atoms with Crippen molar-refractivity contribution in [1.82, 2.24) is 0 Å². The Labute approximate surface area is 161 Å². The number of carbonyl (C=O) groups excluding carboxylic acids is 1. The molecule has 0 saturated carbocycles. The fraction of sp³-hybridized carbons (Fsp3) is 0.240. The lowest BCUT2D eigenvalue weighted by atomic mass is 9.89. The molecule has 1 unspecified atom stereocenters. The van der Waals surface area contributed by atoms with E-state index in [4.69, 9.17) is 4.74 Å². The van der Waals surface area contributed by atoms with Gasteiger partial charge in [0, 0.05) is 0 Å². The third kappa shape index (κ3) is 5.55. The summed E-state index contributed by atoms with van der Waals surface area (Å²) in [7, 11) is 0. The van der Waals surface area contributed by atoms with Gasteiger partial charge in [-0.25, -0.2) is 0 Å². The van der Waals surface area contributed by atoms with E-state index >= 15 is 0 Å². The van der Waals surface area contributed by atoms with Crippen molar-refractivity contribution in [3.05, 3.63) is 96.1 Å². The van der Waals surface area contributed by atoms with Crippen molar-refractivity contribution in [2.24, 2.45) is 0 Å². The molecule has 0 aliphatic heterocycles. The molecular weight excluding hydrogens is 332 g/mol. The van der Waals surface area contributed by atoms with Gasteiger partial charge in [0.25, 0.3) is 0 Å². The monoisotopic (exact) mass is 358 g/mol. The van der Waals surface area contributed by atoms with Gasteiger partial charge in [-0.15, -0.1) is 0 Å². The average Bonchev–Trinajstić information content (AvgIpc) is 2.73. The standard InChI is InChI=1S/C25H26O2/c1-2-27-25(26)19-24(22-11-7-4-8-12-22)18-15-20-13-16-23(17-14-20)21-9-5-3-6-10-21/h3-14,16-17,24H,2,15,18-19H2,1H3. The molecule has 3 aromatic carbocycles. The zero-order valence-corrected chi connectivity index (χ0v) is 15.8. The number of esters is 1. The van der Waals surface area contributed by atoms with Crippen LogP contribution in [0.2, 0.25) is 0 Å². The first-order valence-electron chi connectivity index (χ1n) is 9.61. The highest BCUT2D eigenvalue weighted by Crippen LogP contribution is 2.27. The predicted octanol–water partition coefficient (Wildman–Crippen LogP) is 6.02.